The van der Waals surface area contributed by atoms with E-state index in [0.717, 1.165) is 32.0 Å². The van der Waals surface area contributed by atoms with Gasteiger partial charge in [-0.3, -0.25) is 0 Å². The van der Waals surface area contributed by atoms with E-state index in [1.165, 1.54) is 5.56 Å². The Hall–Kier alpha value is -1.62. The number of hydrogen-bond donors (Lipinski definition) is 0. The Morgan fingerprint density at radius 1 is 1.12 bits per heavy atom. The molecule has 0 aliphatic heterocycles. The first-order valence-corrected chi connectivity index (χ1v) is 5.79. The van der Waals surface area contributed by atoms with Gasteiger partial charge in [-0.25, -0.2) is 0 Å². The van der Waals surface area contributed by atoms with E-state index in [4.69, 9.17) is 5.26 Å². The van der Waals surface area contributed by atoms with Crippen LogP contribution < -0.4 is 0 Å². The molecule has 0 saturated heterocycles. The Morgan fingerprint density at radius 2 is 1.75 bits per heavy atom. The minimum Gasteiger partial charge on any atom is -0.303 e. The second-order valence-electron chi connectivity index (χ2n) is 4.48. The maximum absolute atomic E-state index is 10.7. The van der Waals surface area contributed by atoms with Crippen LogP contribution in [0.3, 0.4) is 0 Å². The molecule has 1 aromatic carbocycles. The summed E-state index contributed by atoms with van der Waals surface area (Å²) >= 11 is 0. The zero-order valence-corrected chi connectivity index (χ0v) is 9.23. The second kappa shape index (κ2) is 4.94. The van der Waals surface area contributed by atoms with Crippen molar-refractivity contribution < 1.29 is 4.79 Å². The summed E-state index contributed by atoms with van der Waals surface area (Å²) in [6, 6.07) is 9.97. The van der Waals surface area contributed by atoms with Crippen LogP contribution in [-0.4, -0.2) is 6.29 Å². The lowest BCUT2D eigenvalue weighted by atomic mass is 9.79. The number of carbonyl (C=O) groups is 1. The summed E-state index contributed by atoms with van der Waals surface area (Å²) in [6.07, 6.45) is 5.29. The fourth-order valence-corrected chi connectivity index (χ4v) is 2.42. The molecule has 2 rings (SSSR count). The van der Waals surface area contributed by atoms with Crippen molar-refractivity contribution in [1.82, 2.24) is 0 Å². The normalized spacial score (nSPS) is 24.7. The first-order valence-electron chi connectivity index (χ1n) is 5.79. The number of rotatable bonds is 2. The highest BCUT2D eigenvalue weighted by Crippen LogP contribution is 2.34. The lowest BCUT2D eigenvalue weighted by Gasteiger charge is -2.25. The van der Waals surface area contributed by atoms with Crippen LogP contribution >= 0.6 is 0 Å². The third-order valence-corrected chi connectivity index (χ3v) is 3.48. The van der Waals surface area contributed by atoms with Crippen molar-refractivity contribution in [3.05, 3.63) is 35.4 Å². The first-order chi connectivity index (χ1) is 7.83. The van der Waals surface area contributed by atoms with Crippen LogP contribution in [0.1, 0.15) is 42.7 Å². The molecule has 0 bridgehead atoms. The highest BCUT2D eigenvalue weighted by molar-refractivity contribution is 5.53. The molecule has 0 atom stereocenters. The maximum atomic E-state index is 10.7. The van der Waals surface area contributed by atoms with Gasteiger partial charge < -0.3 is 4.79 Å². The van der Waals surface area contributed by atoms with E-state index in [1.54, 1.807) is 0 Å². The Bertz CT molecular complexity index is 394. The van der Waals surface area contributed by atoms with E-state index in [1.807, 2.05) is 24.3 Å². The van der Waals surface area contributed by atoms with Crippen molar-refractivity contribution in [2.75, 3.05) is 0 Å². The molecule has 0 spiro atoms. The number of nitriles is 1. The van der Waals surface area contributed by atoms with Crippen LogP contribution in [0.2, 0.25) is 0 Å². The SMILES string of the molecule is N#Cc1ccc([C@H]2CC[C@H](C=O)CC2)cc1. The molecule has 1 aromatic rings. The molecular weight excluding hydrogens is 198 g/mol. The molecule has 0 aromatic heterocycles. The van der Waals surface area contributed by atoms with Crippen LogP contribution in [0.4, 0.5) is 0 Å². The van der Waals surface area contributed by atoms with Gasteiger partial charge in [0.1, 0.15) is 6.29 Å². The van der Waals surface area contributed by atoms with E-state index in [9.17, 15) is 4.79 Å². The largest absolute Gasteiger partial charge is 0.303 e. The Balaban J connectivity index is 2.03. The molecule has 2 nitrogen and oxygen atoms in total. The first kappa shape index (κ1) is 10.9. The quantitative estimate of drug-likeness (QED) is 0.708. The molecule has 82 valence electrons. The Labute approximate surface area is 95.9 Å². The van der Waals surface area contributed by atoms with Gasteiger partial charge in [-0.05, 0) is 49.3 Å². The second-order valence-corrected chi connectivity index (χ2v) is 4.48. The number of nitrogens with zero attached hydrogens (tertiary/aromatic N) is 1. The molecule has 0 N–H and O–H groups in total. The third kappa shape index (κ3) is 2.30. The van der Waals surface area contributed by atoms with E-state index in [2.05, 4.69) is 6.07 Å². The van der Waals surface area contributed by atoms with Crippen LogP contribution in [0.15, 0.2) is 24.3 Å². The van der Waals surface area contributed by atoms with Crippen molar-refractivity contribution >= 4 is 6.29 Å². The van der Waals surface area contributed by atoms with E-state index < -0.39 is 0 Å². The van der Waals surface area contributed by atoms with Gasteiger partial charge in [-0.15, -0.1) is 0 Å². The highest BCUT2D eigenvalue weighted by atomic mass is 16.1. The predicted octanol–water partition coefficient (Wildman–Crippen LogP) is 3.03. The van der Waals surface area contributed by atoms with Crippen molar-refractivity contribution in [2.24, 2.45) is 5.92 Å². The zero-order valence-electron chi connectivity index (χ0n) is 9.23. The zero-order chi connectivity index (χ0) is 11.4. The van der Waals surface area contributed by atoms with E-state index >= 15 is 0 Å². The van der Waals surface area contributed by atoms with E-state index in [0.29, 0.717) is 11.5 Å². The summed E-state index contributed by atoms with van der Waals surface area (Å²) in [5, 5.41) is 8.72. The van der Waals surface area contributed by atoms with Gasteiger partial charge >= 0.3 is 0 Å². The smallest absolute Gasteiger partial charge is 0.123 e. The Kier molecular flexibility index (Phi) is 3.36. The minimum absolute atomic E-state index is 0.273. The van der Waals surface area contributed by atoms with Crippen LogP contribution in [0.5, 0.6) is 0 Å². The van der Waals surface area contributed by atoms with Gasteiger partial charge in [0.05, 0.1) is 11.6 Å². The fraction of sp³-hybridized carbons (Fsp3) is 0.429. The van der Waals surface area contributed by atoms with Crippen molar-refractivity contribution in [1.29, 1.82) is 5.26 Å². The topological polar surface area (TPSA) is 40.9 Å². The van der Waals surface area contributed by atoms with Crippen molar-refractivity contribution in [3.63, 3.8) is 0 Å². The molecule has 2 heteroatoms. The van der Waals surface area contributed by atoms with E-state index in [-0.39, 0.29) is 5.92 Å². The number of aldehydes is 1. The molecule has 1 aliphatic carbocycles. The van der Waals surface area contributed by atoms with Gasteiger partial charge in [0.25, 0.3) is 0 Å². The number of carbonyl (C=O) groups excluding carboxylic acids is 1. The number of hydrogen-bond acceptors (Lipinski definition) is 2. The Morgan fingerprint density at radius 3 is 2.25 bits per heavy atom. The average molecular weight is 213 g/mol. The molecule has 16 heavy (non-hydrogen) atoms. The van der Waals surface area contributed by atoms with Crippen LogP contribution in [0, 0.1) is 17.2 Å². The molecular formula is C14H15NO. The van der Waals surface area contributed by atoms with Crippen LogP contribution in [-0.2, 0) is 4.79 Å². The van der Waals surface area contributed by atoms with Gasteiger partial charge in [0, 0.05) is 5.92 Å². The lowest BCUT2D eigenvalue weighted by Crippen LogP contribution is -2.14. The summed E-state index contributed by atoms with van der Waals surface area (Å²) in [5.41, 5.74) is 2.02. The van der Waals surface area contributed by atoms with Crippen molar-refractivity contribution in [3.8, 4) is 6.07 Å². The fourth-order valence-electron chi connectivity index (χ4n) is 2.42. The molecule has 0 amide bonds. The summed E-state index contributed by atoms with van der Waals surface area (Å²) in [5.74, 6) is 0.846. The maximum Gasteiger partial charge on any atom is 0.123 e. The molecule has 1 aliphatic rings. The average Bonchev–Trinajstić information content (AvgIpc) is 2.39. The van der Waals surface area contributed by atoms with Gasteiger partial charge in [-0.1, -0.05) is 12.1 Å². The molecule has 1 fully saturated rings. The summed E-state index contributed by atoms with van der Waals surface area (Å²) in [6.45, 7) is 0. The third-order valence-electron chi connectivity index (χ3n) is 3.48. The van der Waals surface area contributed by atoms with Gasteiger partial charge in [0.2, 0.25) is 0 Å². The van der Waals surface area contributed by atoms with Crippen LogP contribution in [0.25, 0.3) is 0 Å². The summed E-state index contributed by atoms with van der Waals surface area (Å²) < 4.78 is 0. The standard InChI is InChI=1S/C14H15NO/c15-9-11-1-5-13(6-2-11)14-7-3-12(10-16)4-8-14/h1-2,5-6,10,12,14H,3-4,7-8H2/t12-,14-. The molecule has 0 heterocycles. The van der Waals surface area contributed by atoms with Gasteiger partial charge in [0.15, 0.2) is 0 Å². The summed E-state index contributed by atoms with van der Waals surface area (Å²) in [4.78, 5) is 10.7. The minimum atomic E-state index is 0.273. The van der Waals surface area contributed by atoms with Crippen molar-refractivity contribution in [2.45, 2.75) is 31.6 Å². The molecule has 0 unspecified atom stereocenters. The number of benzene rings is 1. The van der Waals surface area contributed by atoms with Gasteiger partial charge in [-0.2, -0.15) is 5.26 Å². The monoisotopic (exact) mass is 213 g/mol. The summed E-state index contributed by atoms with van der Waals surface area (Å²) in [7, 11) is 0. The lowest BCUT2D eigenvalue weighted by molar-refractivity contribution is -0.111. The molecule has 0 radical (unpaired) electrons. The highest BCUT2D eigenvalue weighted by Gasteiger charge is 2.21. The molecule has 1 saturated carbocycles. The predicted molar refractivity (Wildman–Crippen MR) is 61.9 cm³/mol.